The maximum Gasteiger partial charge on any atom is 0.229 e. The van der Waals surface area contributed by atoms with Crippen LogP contribution in [0.5, 0.6) is 0 Å². The third-order valence-electron chi connectivity index (χ3n) is 5.43. The molecule has 1 amide bonds. The van der Waals surface area contributed by atoms with Crippen LogP contribution in [0.3, 0.4) is 0 Å². The number of thiazole rings is 1. The molecule has 0 saturated carbocycles. The van der Waals surface area contributed by atoms with Crippen molar-refractivity contribution in [3.63, 3.8) is 0 Å². The van der Waals surface area contributed by atoms with Gasteiger partial charge in [-0.25, -0.2) is 13.4 Å². The zero-order chi connectivity index (χ0) is 23.4. The highest BCUT2D eigenvalue weighted by molar-refractivity contribution is 7.91. The Morgan fingerprint density at radius 3 is 2.33 bits per heavy atom. The van der Waals surface area contributed by atoms with Crippen LogP contribution < -0.4 is 4.90 Å². The molecule has 0 fully saturated rings. The summed E-state index contributed by atoms with van der Waals surface area (Å²) in [6, 6.07) is 22.3. The topological polar surface area (TPSA) is 67.3 Å². The number of hydrogen-bond donors (Lipinski definition) is 0. The van der Waals surface area contributed by atoms with E-state index >= 15 is 0 Å². The summed E-state index contributed by atoms with van der Waals surface area (Å²) in [6.07, 6.45) is 0.386. The van der Waals surface area contributed by atoms with Gasteiger partial charge in [-0.1, -0.05) is 65.9 Å². The van der Waals surface area contributed by atoms with E-state index in [9.17, 15) is 13.2 Å². The normalized spacial score (nSPS) is 11.6. The van der Waals surface area contributed by atoms with Crippen LogP contribution in [0.4, 0.5) is 5.13 Å². The van der Waals surface area contributed by atoms with Gasteiger partial charge in [0.25, 0.3) is 0 Å². The maximum absolute atomic E-state index is 13.3. The van der Waals surface area contributed by atoms with Gasteiger partial charge >= 0.3 is 0 Å². The lowest BCUT2D eigenvalue weighted by Crippen LogP contribution is -2.30. The van der Waals surface area contributed by atoms with E-state index in [2.05, 4.69) is 13.0 Å². The van der Waals surface area contributed by atoms with Crippen molar-refractivity contribution in [1.82, 2.24) is 4.98 Å². The van der Waals surface area contributed by atoms with Gasteiger partial charge in [0.15, 0.2) is 15.0 Å². The molecule has 0 aliphatic heterocycles. The van der Waals surface area contributed by atoms with Gasteiger partial charge in [0.05, 0.1) is 27.4 Å². The van der Waals surface area contributed by atoms with E-state index in [1.165, 1.54) is 11.3 Å². The number of carbonyl (C=O) groups is 1. The van der Waals surface area contributed by atoms with Crippen LogP contribution in [-0.4, -0.2) is 25.1 Å². The second-order valence-corrected chi connectivity index (χ2v) is 11.2. The third kappa shape index (κ3) is 5.49. The van der Waals surface area contributed by atoms with Crippen molar-refractivity contribution in [3.05, 3.63) is 89.5 Å². The van der Waals surface area contributed by atoms with Crippen molar-refractivity contribution >= 4 is 42.4 Å². The first-order valence-electron chi connectivity index (χ1n) is 10.8. The molecule has 0 spiro atoms. The molecule has 0 atom stereocenters. The number of benzene rings is 3. The number of fused-ring (bicyclic) bond motifs is 1. The Bertz CT molecular complexity index is 1360. The van der Waals surface area contributed by atoms with E-state index < -0.39 is 9.84 Å². The zero-order valence-corrected chi connectivity index (χ0v) is 20.3. The van der Waals surface area contributed by atoms with Gasteiger partial charge in [-0.05, 0) is 55.2 Å². The molecule has 4 rings (SSSR count). The Morgan fingerprint density at radius 2 is 1.64 bits per heavy atom. The Labute approximate surface area is 198 Å². The molecule has 1 heterocycles. The summed E-state index contributed by atoms with van der Waals surface area (Å²) >= 11 is 1.50. The van der Waals surface area contributed by atoms with Crippen molar-refractivity contribution in [1.29, 1.82) is 0 Å². The molecule has 0 saturated heterocycles. The van der Waals surface area contributed by atoms with Crippen LogP contribution in [-0.2, 0) is 21.2 Å². The average molecular weight is 479 g/mol. The molecule has 1 aromatic heterocycles. The summed E-state index contributed by atoms with van der Waals surface area (Å²) in [5.41, 5.74) is 4.14. The molecule has 0 aliphatic rings. The van der Waals surface area contributed by atoms with Gasteiger partial charge in [-0.3, -0.25) is 9.69 Å². The number of hydrogen-bond acceptors (Lipinski definition) is 5. The van der Waals surface area contributed by atoms with Crippen LogP contribution in [0.15, 0.2) is 77.7 Å². The first-order chi connectivity index (χ1) is 15.8. The van der Waals surface area contributed by atoms with Crippen LogP contribution in [0.1, 0.15) is 29.5 Å². The number of sulfone groups is 1. The lowest BCUT2D eigenvalue weighted by molar-refractivity contribution is -0.118. The Hall–Kier alpha value is -3.03. The first kappa shape index (κ1) is 23.1. The summed E-state index contributed by atoms with van der Waals surface area (Å²) in [4.78, 5) is 20.0. The van der Waals surface area contributed by atoms with E-state index in [1.807, 2.05) is 43.3 Å². The van der Waals surface area contributed by atoms with Crippen LogP contribution >= 0.6 is 11.3 Å². The molecule has 5 nitrogen and oxygen atoms in total. The summed E-state index contributed by atoms with van der Waals surface area (Å²) in [5.74, 6) is -0.198. The molecule has 170 valence electrons. The fourth-order valence-electron chi connectivity index (χ4n) is 3.80. The number of nitrogens with zero attached hydrogens (tertiary/aromatic N) is 2. The number of rotatable bonds is 8. The van der Waals surface area contributed by atoms with Gasteiger partial charge in [-0.15, -0.1) is 0 Å². The quantitative estimate of drug-likeness (QED) is 0.326. The molecule has 7 heteroatoms. The SMILES string of the molecule is Cc1cc(C)c2sc(N(Cc3ccccc3)C(=O)CCCS(=O)(=O)c3ccccc3)nc2c1. The van der Waals surface area contributed by atoms with Gasteiger partial charge < -0.3 is 0 Å². The van der Waals surface area contributed by atoms with E-state index in [0.717, 1.165) is 26.9 Å². The van der Waals surface area contributed by atoms with E-state index in [1.54, 1.807) is 35.2 Å². The Balaban J connectivity index is 1.56. The second kappa shape index (κ2) is 9.85. The predicted octanol–water partition coefficient (Wildman–Crippen LogP) is 5.70. The largest absolute Gasteiger partial charge is 0.284 e. The fourth-order valence-corrected chi connectivity index (χ4v) is 6.17. The molecule has 3 aromatic carbocycles. The Kier molecular flexibility index (Phi) is 6.91. The zero-order valence-electron chi connectivity index (χ0n) is 18.7. The third-order valence-corrected chi connectivity index (χ3v) is 8.48. The molecule has 4 aromatic rings. The molecule has 0 bridgehead atoms. The molecule has 0 N–H and O–H groups in total. The fraction of sp³-hybridized carbons (Fsp3) is 0.231. The number of anilines is 1. The van der Waals surface area contributed by atoms with Crippen LogP contribution in [0.25, 0.3) is 10.2 Å². The predicted molar refractivity (Wildman–Crippen MR) is 134 cm³/mol. The van der Waals surface area contributed by atoms with E-state index in [4.69, 9.17) is 4.98 Å². The minimum absolute atomic E-state index is 0.0694. The molecule has 0 aliphatic carbocycles. The molecule has 0 unspecified atom stereocenters. The number of aryl methyl sites for hydroxylation is 2. The maximum atomic E-state index is 13.3. The van der Waals surface area contributed by atoms with E-state index in [0.29, 0.717) is 11.7 Å². The van der Waals surface area contributed by atoms with Crippen LogP contribution in [0, 0.1) is 13.8 Å². The van der Waals surface area contributed by atoms with Crippen molar-refractivity contribution in [3.8, 4) is 0 Å². The second-order valence-electron chi connectivity index (χ2n) is 8.13. The van der Waals surface area contributed by atoms with Gasteiger partial charge in [0, 0.05) is 6.42 Å². The smallest absolute Gasteiger partial charge is 0.229 e. The number of carbonyl (C=O) groups excluding carboxylic acids is 1. The summed E-state index contributed by atoms with van der Waals surface area (Å²) in [5, 5.41) is 0.637. The van der Waals surface area contributed by atoms with Gasteiger partial charge in [0.1, 0.15) is 0 Å². The molecular formula is C26H26N2O3S2. The van der Waals surface area contributed by atoms with E-state index in [-0.39, 0.29) is 29.4 Å². The van der Waals surface area contributed by atoms with Crippen molar-refractivity contribution in [2.24, 2.45) is 0 Å². The first-order valence-corrected chi connectivity index (χ1v) is 13.3. The van der Waals surface area contributed by atoms with Gasteiger partial charge in [0.2, 0.25) is 5.91 Å². The molecular weight excluding hydrogens is 452 g/mol. The number of aromatic nitrogens is 1. The van der Waals surface area contributed by atoms with Crippen molar-refractivity contribution in [2.45, 2.75) is 38.1 Å². The van der Waals surface area contributed by atoms with Crippen LogP contribution in [0.2, 0.25) is 0 Å². The molecule has 0 radical (unpaired) electrons. The average Bonchev–Trinajstić information content (AvgIpc) is 3.22. The Morgan fingerprint density at radius 1 is 0.970 bits per heavy atom. The number of amides is 1. The van der Waals surface area contributed by atoms with Crippen molar-refractivity contribution < 1.29 is 13.2 Å². The highest BCUT2D eigenvalue weighted by Gasteiger charge is 2.22. The van der Waals surface area contributed by atoms with Gasteiger partial charge in [-0.2, -0.15) is 0 Å². The highest BCUT2D eigenvalue weighted by Crippen LogP contribution is 2.33. The minimum Gasteiger partial charge on any atom is -0.284 e. The highest BCUT2D eigenvalue weighted by atomic mass is 32.2. The lowest BCUT2D eigenvalue weighted by atomic mass is 10.1. The standard InChI is InChI=1S/C26H26N2O3S2/c1-19-16-20(2)25-23(17-19)27-26(32-25)28(18-21-10-5-3-6-11-21)24(29)14-9-15-33(30,31)22-12-7-4-8-13-22/h3-8,10-13,16-17H,9,14-15,18H2,1-2H3. The van der Waals surface area contributed by atoms with Crippen molar-refractivity contribution in [2.75, 3.05) is 10.7 Å². The summed E-state index contributed by atoms with van der Waals surface area (Å²) in [6.45, 7) is 4.48. The summed E-state index contributed by atoms with van der Waals surface area (Å²) in [7, 11) is -3.42. The lowest BCUT2D eigenvalue weighted by Gasteiger charge is -2.20. The molecule has 33 heavy (non-hydrogen) atoms. The summed E-state index contributed by atoms with van der Waals surface area (Å²) < 4.78 is 26.3. The monoisotopic (exact) mass is 478 g/mol. The minimum atomic E-state index is -3.42.